The fourth-order valence-electron chi connectivity index (χ4n) is 3.07. The molecule has 0 fully saturated rings. The Morgan fingerprint density at radius 1 is 1.37 bits per heavy atom. The van der Waals surface area contributed by atoms with Gasteiger partial charge in [0.05, 0.1) is 17.3 Å². The molecular weight excluding hydrogens is 342 g/mol. The predicted octanol–water partition coefficient (Wildman–Crippen LogP) is 4.25. The van der Waals surface area contributed by atoms with Crippen molar-refractivity contribution in [1.82, 2.24) is 9.88 Å². The number of aromatic nitrogens is 1. The SMILES string of the molecule is CN(C[C@@H]1Cc2ncccc2Oc2ccc(C#N)cc21)C(=O)OC(C)(C)C. The third-order valence-corrected chi connectivity index (χ3v) is 4.29. The Labute approximate surface area is 159 Å². The third-order valence-electron chi connectivity index (χ3n) is 4.29. The fraction of sp³-hybridized carbons (Fsp3) is 0.381. The highest BCUT2D eigenvalue weighted by Crippen LogP contribution is 2.39. The summed E-state index contributed by atoms with van der Waals surface area (Å²) in [6, 6.07) is 11.2. The van der Waals surface area contributed by atoms with Crippen LogP contribution in [0, 0.1) is 11.3 Å². The zero-order chi connectivity index (χ0) is 19.6. The van der Waals surface area contributed by atoms with Crippen LogP contribution in [0.1, 0.15) is 43.5 Å². The highest BCUT2D eigenvalue weighted by molar-refractivity contribution is 5.68. The smallest absolute Gasteiger partial charge is 0.410 e. The minimum Gasteiger partial charge on any atom is -0.455 e. The summed E-state index contributed by atoms with van der Waals surface area (Å²) in [6.07, 6.45) is 1.95. The first-order valence-electron chi connectivity index (χ1n) is 8.87. The van der Waals surface area contributed by atoms with Gasteiger partial charge in [0, 0.05) is 37.7 Å². The predicted molar refractivity (Wildman–Crippen MR) is 101 cm³/mol. The number of amides is 1. The Morgan fingerprint density at radius 3 is 2.85 bits per heavy atom. The van der Waals surface area contributed by atoms with E-state index < -0.39 is 5.60 Å². The first-order chi connectivity index (χ1) is 12.8. The quantitative estimate of drug-likeness (QED) is 0.795. The van der Waals surface area contributed by atoms with Crippen molar-refractivity contribution in [3.05, 3.63) is 53.3 Å². The lowest BCUT2D eigenvalue weighted by molar-refractivity contribution is 0.0288. The Kier molecular flexibility index (Phi) is 5.04. The molecule has 1 amide bonds. The zero-order valence-electron chi connectivity index (χ0n) is 16.0. The van der Waals surface area contributed by atoms with Crippen LogP contribution in [-0.2, 0) is 11.2 Å². The van der Waals surface area contributed by atoms with E-state index in [0.29, 0.717) is 30.0 Å². The number of fused-ring (bicyclic) bond motifs is 2. The van der Waals surface area contributed by atoms with E-state index >= 15 is 0 Å². The van der Waals surface area contributed by atoms with Crippen LogP contribution in [0.2, 0.25) is 0 Å². The number of nitriles is 1. The number of rotatable bonds is 2. The Bertz CT molecular complexity index is 896. The standard InChI is InChI=1S/C21H23N3O3/c1-21(2,3)27-20(25)24(4)13-15-11-17-19(6-5-9-23-17)26-18-8-7-14(12-22)10-16(15)18/h5-10,15H,11,13H2,1-4H3/t15-/m0/s1. The molecule has 0 bridgehead atoms. The van der Waals surface area contributed by atoms with Crippen LogP contribution >= 0.6 is 0 Å². The molecule has 0 N–H and O–H groups in total. The average Bonchev–Trinajstić information content (AvgIpc) is 2.76. The maximum atomic E-state index is 12.4. The second-order valence-corrected chi connectivity index (χ2v) is 7.68. The average molecular weight is 365 g/mol. The maximum absolute atomic E-state index is 12.4. The van der Waals surface area contributed by atoms with Gasteiger partial charge in [-0.15, -0.1) is 0 Å². The second-order valence-electron chi connectivity index (χ2n) is 7.68. The van der Waals surface area contributed by atoms with Crippen molar-refractivity contribution in [3.8, 4) is 17.6 Å². The Morgan fingerprint density at radius 2 is 2.15 bits per heavy atom. The van der Waals surface area contributed by atoms with Gasteiger partial charge in [0.2, 0.25) is 0 Å². The van der Waals surface area contributed by atoms with Crippen molar-refractivity contribution >= 4 is 6.09 Å². The topological polar surface area (TPSA) is 75.5 Å². The summed E-state index contributed by atoms with van der Waals surface area (Å²) in [5.74, 6) is 1.32. The van der Waals surface area contributed by atoms with E-state index in [2.05, 4.69) is 11.1 Å². The summed E-state index contributed by atoms with van der Waals surface area (Å²) < 4.78 is 11.5. The minimum absolute atomic E-state index is 0.0676. The third kappa shape index (κ3) is 4.37. The molecule has 0 saturated carbocycles. The summed E-state index contributed by atoms with van der Waals surface area (Å²) in [6.45, 7) is 5.95. The van der Waals surface area contributed by atoms with Crippen LogP contribution < -0.4 is 4.74 Å². The van der Waals surface area contributed by atoms with Crippen molar-refractivity contribution in [2.45, 2.75) is 38.7 Å². The molecule has 6 heteroatoms. The number of ether oxygens (including phenoxy) is 2. The zero-order valence-corrected chi connectivity index (χ0v) is 16.0. The molecule has 0 saturated heterocycles. The monoisotopic (exact) mass is 365 g/mol. The van der Waals surface area contributed by atoms with E-state index in [4.69, 9.17) is 9.47 Å². The van der Waals surface area contributed by atoms with Gasteiger partial charge in [0.1, 0.15) is 17.1 Å². The van der Waals surface area contributed by atoms with E-state index in [0.717, 1.165) is 11.3 Å². The number of benzene rings is 1. The molecule has 0 spiro atoms. The maximum Gasteiger partial charge on any atom is 0.410 e. The van der Waals surface area contributed by atoms with Crippen molar-refractivity contribution in [3.63, 3.8) is 0 Å². The number of likely N-dealkylation sites (N-methyl/N-ethyl adjacent to an activating group) is 1. The highest BCUT2D eigenvalue weighted by atomic mass is 16.6. The first-order valence-corrected chi connectivity index (χ1v) is 8.87. The molecule has 1 aliphatic heterocycles. The lowest BCUT2D eigenvalue weighted by Gasteiger charge is -2.27. The van der Waals surface area contributed by atoms with E-state index in [1.54, 1.807) is 30.3 Å². The van der Waals surface area contributed by atoms with Gasteiger partial charge in [0.15, 0.2) is 0 Å². The summed E-state index contributed by atoms with van der Waals surface area (Å²) in [5, 5.41) is 9.28. The van der Waals surface area contributed by atoms with E-state index in [9.17, 15) is 10.1 Å². The van der Waals surface area contributed by atoms with Crippen LogP contribution in [0.3, 0.4) is 0 Å². The van der Waals surface area contributed by atoms with Gasteiger partial charge in [0.25, 0.3) is 0 Å². The normalized spacial score (nSPS) is 15.4. The summed E-state index contributed by atoms with van der Waals surface area (Å²) in [5.41, 5.74) is 1.72. The van der Waals surface area contributed by atoms with Crippen LogP contribution in [-0.4, -0.2) is 35.2 Å². The molecule has 2 heterocycles. The van der Waals surface area contributed by atoms with E-state index in [1.807, 2.05) is 39.0 Å². The van der Waals surface area contributed by atoms with Crippen LogP contribution in [0.4, 0.5) is 4.79 Å². The van der Waals surface area contributed by atoms with E-state index in [1.165, 1.54) is 0 Å². The molecule has 1 aromatic heterocycles. The van der Waals surface area contributed by atoms with Crippen LogP contribution in [0.15, 0.2) is 36.5 Å². The molecule has 6 nitrogen and oxygen atoms in total. The molecule has 0 aliphatic carbocycles. The largest absolute Gasteiger partial charge is 0.455 e. The number of hydrogen-bond acceptors (Lipinski definition) is 5. The van der Waals surface area contributed by atoms with Crippen molar-refractivity contribution in [2.75, 3.05) is 13.6 Å². The van der Waals surface area contributed by atoms with Gasteiger partial charge < -0.3 is 14.4 Å². The summed E-state index contributed by atoms with van der Waals surface area (Å²) >= 11 is 0. The lowest BCUT2D eigenvalue weighted by atomic mass is 9.92. The molecule has 3 rings (SSSR count). The second kappa shape index (κ2) is 7.28. The molecule has 140 valence electrons. The van der Waals surface area contributed by atoms with Crippen molar-refractivity contribution in [2.24, 2.45) is 0 Å². The minimum atomic E-state index is -0.558. The van der Waals surface area contributed by atoms with Gasteiger partial charge in [-0.1, -0.05) is 0 Å². The van der Waals surface area contributed by atoms with Crippen molar-refractivity contribution in [1.29, 1.82) is 5.26 Å². The van der Waals surface area contributed by atoms with Crippen molar-refractivity contribution < 1.29 is 14.3 Å². The number of nitrogens with zero attached hydrogens (tertiary/aromatic N) is 3. The number of carbonyl (C=O) groups excluding carboxylic acids is 1. The van der Waals surface area contributed by atoms with Gasteiger partial charge >= 0.3 is 6.09 Å². The molecule has 1 atom stereocenters. The van der Waals surface area contributed by atoms with Gasteiger partial charge in [-0.25, -0.2) is 4.79 Å². The van der Waals surface area contributed by atoms with Gasteiger partial charge in [-0.2, -0.15) is 5.26 Å². The number of hydrogen-bond donors (Lipinski definition) is 0. The lowest BCUT2D eigenvalue weighted by Crippen LogP contribution is -2.36. The molecule has 1 aliphatic rings. The number of carbonyl (C=O) groups is 1. The summed E-state index contributed by atoms with van der Waals surface area (Å²) in [4.78, 5) is 18.4. The summed E-state index contributed by atoms with van der Waals surface area (Å²) in [7, 11) is 1.72. The molecule has 0 unspecified atom stereocenters. The fourth-order valence-corrected chi connectivity index (χ4v) is 3.07. The Hall–Kier alpha value is -3.07. The first kappa shape index (κ1) is 18.7. The molecule has 1 aromatic carbocycles. The van der Waals surface area contributed by atoms with Gasteiger partial charge in [-0.3, -0.25) is 4.98 Å². The molecule has 2 aromatic rings. The highest BCUT2D eigenvalue weighted by Gasteiger charge is 2.28. The van der Waals surface area contributed by atoms with E-state index in [-0.39, 0.29) is 12.0 Å². The van der Waals surface area contributed by atoms with Crippen LogP contribution in [0.25, 0.3) is 0 Å². The number of pyridine rings is 1. The molecule has 27 heavy (non-hydrogen) atoms. The Balaban J connectivity index is 1.93. The van der Waals surface area contributed by atoms with Gasteiger partial charge in [-0.05, 0) is 51.1 Å². The van der Waals surface area contributed by atoms with Crippen LogP contribution in [0.5, 0.6) is 11.5 Å². The molecular formula is C21H23N3O3. The molecule has 0 radical (unpaired) electrons.